The molecule has 1 aliphatic heterocycles. The van der Waals surface area contributed by atoms with E-state index in [0.29, 0.717) is 24.2 Å². The molecule has 2 aromatic rings. The van der Waals surface area contributed by atoms with Crippen LogP contribution in [0.15, 0.2) is 48.0 Å². The standard InChI is InChI=1S/C20H28N6O2.HI/c1-15-8-10-25(13-18(15)26-11-9-22-14-26)19(21-2)23-12-16-4-6-17(7-5-16)24-20(27)28-3;/h4-7,9,11,14-15,18H,8,10,12-13H2,1-3H3,(H,21,23)(H,24,27);1H. The number of halogens is 1. The molecule has 0 spiro atoms. The van der Waals surface area contributed by atoms with Gasteiger partial charge in [0.1, 0.15) is 0 Å². The minimum absolute atomic E-state index is 0. The predicted molar refractivity (Wildman–Crippen MR) is 125 cm³/mol. The number of imidazole rings is 1. The summed E-state index contributed by atoms with van der Waals surface area (Å²) in [4.78, 5) is 22.2. The number of benzene rings is 1. The van der Waals surface area contributed by atoms with E-state index in [1.165, 1.54) is 7.11 Å². The first-order chi connectivity index (χ1) is 13.6. The van der Waals surface area contributed by atoms with Crippen LogP contribution in [-0.4, -0.2) is 53.8 Å². The maximum Gasteiger partial charge on any atom is 0.411 e. The Bertz CT molecular complexity index is 794. The largest absolute Gasteiger partial charge is 0.453 e. The summed E-state index contributed by atoms with van der Waals surface area (Å²) in [6.07, 6.45) is 6.39. The second kappa shape index (κ2) is 11.0. The average Bonchev–Trinajstić information content (AvgIpc) is 3.25. The molecule has 1 fully saturated rings. The van der Waals surface area contributed by atoms with Crippen molar-refractivity contribution in [2.75, 3.05) is 32.6 Å². The Hall–Kier alpha value is -2.30. The molecule has 2 heterocycles. The minimum Gasteiger partial charge on any atom is -0.453 e. The molecule has 1 saturated heterocycles. The van der Waals surface area contributed by atoms with Gasteiger partial charge in [-0.05, 0) is 30.0 Å². The lowest BCUT2D eigenvalue weighted by Gasteiger charge is -2.39. The van der Waals surface area contributed by atoms with Gasteiger partial charge in [-0.25, -0.2) is 9.78 Å². The molecule has 9 heteroatoms. The van der Waals surface area contributed by atoms with Crippen molar-refractivity contribution in [2.45, 2.75) is 25.9 Å². The van der Waals surface area contributed by atoms with Crippen molar-refractivity contribution in [3.63, 3.8) is 0 Å². The van der Waals surface area contributed by atoms with Gasteiger partial charge in [0.15, 0.2) is 5.96 Å². The number of piperidine rings is 1. The molecule has 1 aliphatic rings. The van der Waals surface area contributed by atoms with E-state index < -0.39 is 6.09 Å². The van der Waals surface area contributed by atoms with Gasteiger partial charge in [0.2, 0.25) is 0 Å². The number of aromatic nitrogens is 2. The van der Waals surface area contributed by atoms with Crippen molar-refractivity contribution >= 4 is 41.7 Å². The maximum atomic E-state index is 11.3. The van der Waals surface area contributed by atoms with Gasteiger partial charge in [0.25, 0.3) is 0 Å². The van der Waals surface area contributed by atoms with Crippen molar-refractivity contribution in [1.82, 2.24) is 19.8 Å². The second-order valence-corrected chi connectivity index (χ2v) is 7.00. The van der Waals surface area contributed by atoms with E-state index in [1.807, 2.05) is 50.0 Å². The van der Waals surface area contributed by atoms with Crippen LogP contribution in [0.1, 0.15) is 24.9 Å². The molecule has 2 unspecified atom stereocenters. The molecule has 0 aliphatic carbocycles. The highest BCUT2D eigenvalue weighted by Crippen LogP contribution is 2.27. The van der Waals surface area contributed by atoms with Crippen LogP contribution in [-0.2, 0) is 11.3 Å². The number of methoxy groups -OCH3 is 1. The van der Waals surface area contributed by atoms with Crippen molar-refractivity contribution in [3.05, 3.63) is 48.5 Å². The molecule has 1 aromatic carbocycles. The van der Waals surface area contributed by atoms with Gasteiger partial charge >= 0.3 is 6.09 Å². The van der Waals surface area contributed by atoms with Crippen LogP contribution in [0.4, 0.5) is 10.5 Å². The summed E-state index contributed by atoms with van der Waals surface area (Å²) >= 11 is 0. The fourth-order valence-corrected chi connectivity index (χ4v) is 3.48. The number of rotatable bonds is 4. The zero-order valence-electron chi connectivity index (χ0n) is 17.0. The normalized spacial score (nSPS) is 19.3. The lowest BCUT2D eigenvalue weighted by Crippen LogP contribution is -2.48. The summed E-state index contributed by atoms with van der Waals surface area (Å²) in [6.45, 7) is 4.84. The van der Waals surface area contributed by atoms with E-state index in [0.717, 1.165) is 31.0 Å². The van der Waals surface area contributed by atoms with Gasteiger partial charge in [0, 0.05) is 44.8 Å². The molecule has 0 radical (unpaired) electrons. The number of likely N-dealkylation sites (tertiary alicyclic amines) is 1. The summed E-state index contributed by atoms with van der Waals surface area (Å²) < 4.78 is 6.79. The Morgan fingerprint density at radius 3 is 2.72 bits per heavy atom. The third-order valence-electron chi connectivity index (χ3n) is 5.17. The van der Waals surface area contributed by atoms with Crippen LogP contribution in [0.25, 0.3) is 0 Å². The summed E-state index contributed by atoms with van der Waals surface area (Å²) in [5.74, 6) is 1.49. The molecule has 3 rings (SSSR count). The molecule has 1 amide bonds. The molecule has 29 heavy (non-hydrogen) atoms. The minimum atomic E-state index is -0.474. The molecule has 2 N–H and O–H groups in total. The van der Waals surface area contributed by atoms with E-state index in [9.17, 15) is 4.79 Å². The number of nitrogens with zero attached hydrogens (tertiary/aromatic N) is 4. The van der Waals surface area contributed by atoms with Crippen LogP contribution in [0.3, 0.4) is 0 Å². The lowest BCUT2D eigenvalue weighted by molar-refractivity contribution is 0.187. The summed E-state index contributed by atoms with van der Waals surface area (Å²) in [5.41, 5.74) is 1.81. The number of ether oxygens (including phenoxy) is 1. The van der Waals surface area contributed by atoms with E-state index >= 15 is 0 Å². The van der Waals surface area contributed by atoms with Crippen molar-refractivity contribution < 1.29 is 9.53 Å². The molecule has 1 aromatic heterocycles. The number of hydrogen-bond acceptors (Lipinski definition) is 4. The first-order valence-electron chi connectivity index (χ1n) is 9.47. The third kappa shape index (κ3) is 6.09. The fraction of sp³-hybridized carbons (Fsp3) is 0.450. The molecular formula is C20H29IN6O2. The smallest absolute Gasteiger partial charge is 0.411 e. The summed E-state index contributed by atoms with van der Waals surface area (Å²) in [7, 11) is 3.16. The van der Waals surface area contributed by atoms with Gasteiger partial charge in [-0.1, -0.05) is 19.1 Å². The van der Waals surface area contributed by atoms with E-state index in [2.05, 4.69) is 41.7 Å². The zero-order valence-corrected chi connectivity index (χ0v) is 19.4. The van der Waals surface area contributed by atoms with Crippen LogP contribution in [0, 0.1) is 5.92 Å². The number of amides is 1. The first kappa shape index (κ1) is 23.0. The number of carbonyl (C=O) groups is 1. The number of guanidine groups is 1. The lowest BCUT2D eigenvalue weighted by atomic mass is 9.93. The van der Waals surface area contributed by atoms with Gasteiger partial charge < -0.3 is 19.5 Å². The predicted octanol–water partition coefficient (Wildman–Crippen LogP) is 3.34. The number of nitrogens with one attached hydrogen (secondary N) is 2. The monoisotopic (exact) mass is 512 g/mol. The average molecular weight is 512 g/mol. The SMILES string of the molecule is CN=C(NCc1ccc(NC(=O)OC)cc1)N1CCC(C)C(n2ccnc2)C1.I. The zero-order chi connectivity index (χ0) is 19.9. The number of anilines is 1. The molecule has 158 valence electrons. The van der Waals surface area contributed by atoms with E-state index in [1.54, 1.807) is 0 Å². The van der Waals surface area contributed by atoms with E-state index in [4.69, 9.17) is 0 Å². The molecule has 0 saturated carbocycles. The third-order valence-corrected chi connectivity index (χ3v) is 5.17. The van der Waals surface area contributed by atoms with E-state index in [-0.39, 0.29) is 24.0 Å². The van der Waals surface area contributed by atoms with Crippen LogP contribution in [0.5, 0.6) is 0 Å². The van der Waals surface area contributed by atoms with Crippen molar-refractivity contribution in [2.24, 2.45) is 10.9 Å². The number of hydrogen-bond donors (Lipinski definition) is 2. The Labute approximate surface area is 188 Å². The summed E-state index contributed by atoms with van der Waals surface area (Å²) in [6, 6.07) is 8.04. The number of aliphatic imine (C=N–C) groups is 1. The van der Waals surface area contributed by atoms with Gasteiger partial charge in [-0.15, -0.1) is 24.0 Å². The van der Waals surface area contributed by atoms with Gasteiger partial charge in [-0.2, -0.15) is 0 Å². The van der Waals surface area contributed by atoms with Gasteiger partial charge in [-0.3, -0.25) is 10.3 Å². The van der Waals surface area contributed by atoms with Crippen molar-refractivity contribution in [1.29, 1.82) is 0 Å². The molecular weight excluding hydrogens is 483 g/mol. The van der Waals surface area contributed by atoms with Crippen LogP contribution in [0.2, 0.25) is 0 Å². The molecule has 8 nitrogen and oxygen atoms in total. The molecule has 2 atom stereocenters. The Kier molecular flexibility index (Phi) is 8.74. The number of carbonyl (C=O) groups excluding carboxylic acids is 1. The molecule has 0 bridgehead atoms. The van der Waals surface area contributed by atoms with Crippen LogP contribution >= 0.6 is 24.0 Å². The Morgan fingerprint density at radius 2 is 2.10 bits per heavy atom. The van der Waals surface area contributed by atoms with Gasteiger partial charge in [0.05, 0.1) is 19.5 Å². The fourth-order valence-electron chi connectivity index (χ4n) is 3.48. The highest BCUT2D eigenvalue weighted by atomic mass is 127. The Balaban J connectivity index is 0.00000300. The quantitative estimate of drug-likeness (QED) is 0.373. The highest BCUT2D eigenvalue weighted by Gasteiger charge is 2.28. The summed E-state index contributed by atoms with van der Waals surface area (Å²) in [5, 5.41) is 6.09. The van der Waals surface area contributed by atoms with Crippen molar-refractivity contribution in [3.8, 4) is 0 Å². The van der Waals surface area contributed by atoms with Crippen LogP contribution < -0.4 is 10.6 Å². The topological polar surface area (TPSA) is 83.8 Å². The second-order valence-electron chi connectivity index (χ2n) is 7.00. The maximum absolute atomic E-state index is 11.3. The first-order valence-corrected chi connectivity index (χ1v) is 9.47. The highest BCUT2D eigenvalue weighted by molar-refractivity contribution is 14.0. The Morgan fingerprint density at radius 1 is 1.34 bits per heavy atom.